The average molecular weight is 458 g/mol. The lowest BCUT2D eigenvalue weighted by molar-refractivity contribution is -0.119. The van der Waals surface area contributed by atoms with E-state index in [2.05, 4.69) is 5.32 Å². The highest BCUT2D eigenvalue weighted by Gasteiger charge is 2.40. The first-order valence-corrected chi connectivity index (χ1v) is 11.1. The molecule has 0 saturated carbocycles. The summed E-state index contributed by atoms with van der Waals surface area (Å²) in [5.41, 5.74) is 0.358. The number of hydrogen-bond acceptors (Lipinski definition) is 5. The summed E-state index contributed by atoms with van der Waals surface area (Å²) < 4.78 is 47.0. The van der Waals surface area contributed by atoms with E-state index in [4.69, 9.17) is 16.3 Å². The maximum Gasteiger partial charge on any atom is 0.354 e. The molecular weight excluding hydrogens is 437 g/mol. The predicted molar refractivity (Wildman–Crippen MR) is 108 cm³/mol. The fourth-order valence-corrected chi connectivity index (χ4v) is 5.22. The lowest BCUT2D eigenvalue weighted by atomic mass is 10.2. The smallest absolute Gasteiger partial charge is 0.354 e. The Morgan fingerprint density at radius 1 is 1.33 bits per heavy atom. The second-order valence-electron chi connectivity index (χ2n) is 6.78. The molecule has 0 spiro atoms. The van der Waals surface area contributed by atoms with Gasteiger partial charge in [-0.05, 0) is 44.0 Å². The van der Waals surface area contributed by atoms with Gasteiger partial charge in [0.05, 0.1) is 11.6 Å². The Morgan fingerprint density at radius 3 is 2.73 bits per heavy atom. The Bertz CT molecular complexity index is 1090. The zero-order valence-electron chi connectivity index (χ0n) is 16.4. The van der Waals surface area contributed by atoms with Crippen LogP contribution in [0.25, 0.3) is 0 Å². The highest BCUT2D eigenvalue weighted by Crippen LogP contribution is 2.28. The van der Waals surface area contributed by atoms with Gasteiger partial charge >= 0.3 is 5.97 Å². The van der Waals surface area contributed by atoms with Gasteiger partial charge in [-0.1, -0.05) is 11.6 Å². The number of ether oxygens (including phenoxy) is 1. The fourth-order valence-electron chi connectivity index (χ4n) is 3.31. The van der Waals surface area contributed by atoms with Crippen molar-refractivity contribution in [2.75, 3.05) is 18.5 Å². The van der Waals surface area contributed by atoms with Crippen LogP contribution < -0.4 is 5.32 Å². The van der Waals surface area contributed by atoms with E-state index < -0.39 is 33.8 Å². The number of anilines is 1. The number of hydrogen-bond donors (Lipinski definition) is 1. The summed E-state index contributed by atoms with van der Waals surface area (Å²) in [6.45, 7) is 1.97. The number of halogens is 2. The summed E-state index contributed by atoms with van der Waals surface area (Å²) in [6.07, 6.45) is 2.14. The van der Waals surface area contributed by atoms with Gasteiger partial charge in [-0.3, -0.25) is 4.79 Å². The maximum atomic E-state index is 13.3. The van der Waals surface area contributed by atoms with Gasteiger partial charge in [0, 0.05) is 25.5 Å². The Morgan fingerprint density at radius 2 is 2.07 bits per heavy atom. The molecule has 8 nitrogen and oxygen atoms in total. The largest absolute Gasteiger partial charge is 0.461 e. The Balaban J connectivity index is 1.83. The third kappa shape index (κ3) is 4.35. The first-order valence-electron chi connectivity index (χ1n) is 9.26. The third-order valence-corrected chi connectivity index (χ3v) is 6.93. The summed E-state index contributed by atoms with van der Waals surface area (Å²) >= 11 is 5.73. The van der Waals surface area contributed by atoms with Gasteiger partial charge in [0.25, 0.3) is 0 Å². The lowest BCUT2D eigenvalue weighted by Crippen LogP contribution is -2.43. The van der Waals surface area contributed by atoms with Crippen LogP contribution in [0.3, 0.4) is 0 Å². The molecule has 0 aliphatic carbocycles. The maximum absolute atomic E-state index is 13.3. The third-order valence-electron chi connectivity index (χ3n) is 4.76. The van der Waals surface area contributed by atoms with Crippen molar-refractivity contribution in [1.82, 2.24) is 8.87 Å². The molecule has 2 aromatic rings. The molecule has 1 saturated heterocycles. The number of carbonyl (C=O) groups is 2. The number of sulfonamides is 1. The molecule has 0 bridgehead atoms. The molecule has 30 heavy (non-hydrogen) atoms. The monoisotopic (exact) mass is 457 g/mol. The van der Waals surface area contributed by atoms with E-state index in [0.717, 1.165) is 10.4 Å². The van der Waals surface area contributed by atoms with Gasteiger partial charge in [0.1, 0.15) is 22.4 Å². The number of nitrogens with zero attached hydrogens (tertiary/aromatic N) is 2. The van der Waals surface area contributed by atoms with E-state index in [9.17, 15) is 22.4 Å². The molecule has 1 aliphatic heterocycles. The average Bonchev–Trinajstić information content (AvgIpc) is 3.32. The number of carbonyl (C=O) groups excluding carboxylic acids is 2. The number of rotatable bonds is 6. The molecule has 11 heteroatoms. The lowest BCUT2D eigenvalue weighted by Gasteiger charge is -2.23. The van der Waals surface area contributed by atoms with Gasteiger partial charge in [0.2, 0.25) is 15.9 Å². The molecule has 3 rings (SSSR count). The molecular formula is C19H21ClFN3O5S. The van der Waals surface area contributed by atoms with Crippen LogP contribution in [0.15, 0.2) is 35.4 Å². The van der Waals surface area contributed by atoms with Gasteiger partial charge < -0.3 is 14.6 Å². The number of nitrogens with one attached hydrogen (secondary N) is 1. The van der Waals surface area contributed by atoms with E-state index in [1.54, 1.807) is 6.92 Å². The topological polar surface area (TPSA) is 97.7 Å². The van der Waals surface area contributed by atoms with Crippen LogP contribution >= 0.6 is 11.6 Å². The minimum Gasteiger partial charge on any atom is -0.461 e. The van der Waals surface area contributed by atoms with E-state index in [0.29, 0.717) is 12.8 Å². The van der Waals surface area contributed by atoms with Gasteiger partial charge in [0.15, 0.2) is 0 Å². The number of esters is 1. The van der Waals surface area contributed by atoms with Crippen molar-refractivity contribution in [3.63, 3.8) is 0 Å². The Kier molecular flexibility index (Phi) is 6.49. The van der Waals surface area contributed by atoms with Crippen LogP contribution in [-0.2, 0) is 26.6 Å². The van der Waals surface area contributed by atoms with Crippen molar-refractivity contribution in [3.05, 3.63) is 47.0 Å². The molecule has 1 amide bonds. The van der Waals surface area contributed by atoms with E-state index >= 15 is 0 Å². The summed E-state index contributed by atoms with van der Waals surface area (Å²) in [5.74, 6) is -1.80. The van der Waals surface area contributed by atoms with E-state index in [1.165, 1.54) is 36.0 Å². The Hall–Kier alpha value is -2.43. The number of benzene rings is 1. The van der Waals surface area contributed by atoms with Gasteiger partial charge in [-0.2, -0.15) is 4.31 Å². The summed E-state index contributed by atoms with van der Waals surface area (Å²) in [7, 11) is -2.49. The van der Waals surface area contributed by atoms with Crippen molar-refractivity contribution in [2.24, 2.45) is 7.05 Å². The molecule has 1 fully saturated rings. The van der Waals surface area contributed by atoms with Gasteiger partial charge in [-0.25, -0.2) is 17.6 Å². The molecule has 1 N–H and O–H groups in total. The van der Waals surface area contributed by atoms with Crippen molar-refractivity contribution < 1.29 is 27.1 Å². The van der Waals surface area contributed by atoms with Crippen LogP contribution in [0.2, 0.25) is 5.02 Å². The SMILES string of the molecule is CCOC(=O)c1cc(S(=O)(=O)N2CCCC2C(=O)Nc2ccc(F)c(Cl)c2)cn1C. The quantitative estimate of drug-likeness (QED) is 0.672. The zero-order valence-corrected chi connectivity index (χ0v) is 18.0. The standard InChI is InChI=1S/C19H21ClFN3O5S/c1-3-29-19(26)17-10-13(11-23(17)2)30(27,28)24-8-4-5-16(24)18(25)22-12-6-7-15(21)14(20)9-12/h6-7,9-11,16H,3-5,8H2,1-2H3,(H,22,25). The second-order valence-corrected chi connectivity index (χ2v) is 9.08. The van der Waals surface area contributed by atoms with Crippen molar-refractivity contribution in [2.45, 2.75) is 30.7 Å². The van der Waals surface area contributed by atoms with Crippen molar-refractivity contribution in [1.29, 1.82) is 0 Å². The summed E-state index contributed by atoms with van der Waals surface area (Å²) in [4.78, 5) is 24.6. The van der Waals surface area contributed by atoms with Gasteiger partial charge in [-0.15, -0.1) is 0 Å². The highest BCUT2D eigenvalue weighted by atomic mass is 35.5. The zero-order chi connectivity index (χ0) is 22.1. The number of aromatic nitrogens is 1. The molecule has 162 valence electrons. The van der Waals surface area contributed by atoms with Crippen LogP contribution in [0, 0.1) is 5.82 Å². The number of amides is 1. The highest BCUT2D eigenvalue weighted by molar-refractivity contribution is 7.89. The molecule has 1 aromatic carbocycles. The normalized spacial score (nSPS) is 17.1. The summed E-state index contributed by atoms with van der Waals surface area (Å²) in [6, 6.07) is 4.01. The Labute approximate surface area is 178 Å². The minimum absolute atomic E-state index is 0.0941. The number of aryl methyl sites for hydroxylation is 1. The minimum atomic E-state index is -4.03. The molecule has 2 heterocycles. The summed E-state index contributed by atoms with van der Waals surface area (Å²) in [5, 5.41) is 2.43. The first kappa shape index (κ1) is 22.3. The molecule has 0 radical (unpaired) electrons. The van der Waals surface area contributed by atoms with Crippen LogP contribution in [-0.4, -0.2) is 48.4 Å². The van der Waals surface area contributed by atoms with Crippen molar-refractivity contribution in [3.8, 4) is 0 Å². The van der Waals surface area contributed by atoms with E-state index in [-0.39, 0.29) is 34.5 Å². The van der Waals surface area contributed by atoms with Crippen LogP contribution in [0.4, 0.5) is 10.1 Å². The molecule has 1 aliphatic rings. The predicted octanol–water partition coefficient (Wildman–Crippen LogP) is 2.79. The molecule has 1 aromatic heterocycles. The van der Waals surface area contributed by atoms with Crippen molar-refractivity contribution >= 4 is 39.2 Å². The molecule has 1 atom stereocenters. The first-order chi connectivity index (χ1) is 14.1. The second kappa shape index (κ2) is 8.75. The van der Waals surface area contributed by atoms with Crippen LogP contribution in [0.1, 0.15) is 30.3 Å². The van der Waals surface area contributed by atoms with E-state index in [1.807, 2.05) is 0 Å². The molecule has 1 unspecified atom stereocenters. The van der Waals surface area contributed by atoms with Crippen LogP contribution in [0.5, 0.6) is 0 Å². The fraction of sp³-hybridized carbons (Fsp3) is 0.368.